The van der Waals surface area contributed by atoms with Crippen molar-refractivity contribution in [1.82, 2.24) is 0 Å². The summed E-state index contributed by atoms with van der Waals surface area (Å²) in [5.74, 6) is 0. The second kappa shape index (κ2) is 6.71. The van der Waals surface area contributed by atoms with Gasteiger partial charge in [0.1, 0.15) is 24.4 Å². The molecule has 0 unspecified atom stereocenters. The third-order valence-corrected chi connectivity index (χ3v) is 1.87. The lowest BCUT2D eigenvalue weighted by Gasteiger charge is -2.37. The van der Waals surface area contributed by atoms with Crippen molar-refractivity contribution in [2.45, 2.75) is 30.7 Å². The maximum atomic E-state index is 9.12. The molecular formula is C6H15O10P. The van der Waals surface area contributed by atoms with Crippen molar-refractivity contribution in [2.24, 2.45) is 0 Å². The van der Waals surface area contributed by atoms with E-state index in [4.69, 9.17) is 44.8 Å². The van der Waals surface area contributed by atoms with E-state index in [1.54, 1.807) is 0 Å². The molecule has 104 valence electrons. The predicted molar refractivity (Wildman–Crippen MR) is 50.2 cm³/mol. The molecule has 0 aromatic heterocycles. The molecule has 0 aromatic carbocycles. The summed E-state index contributed by atoms with van der Waals surface area (Å²) in [6, 6.07) is 0. The maximum Gasteiger partial charge on any atom is 0.466 e. The van der Waals surface area contributed by atoms with Gasteiger partial charge >= 0.3 is 7.82 Å². The van der Waals surface area contributed by atoms with E-state index in [0.717, 1.165) is 0 Å². The highest BCUT2D eigenvalue weighted by Gasteiger charge is 2.42. The molecular weight excluding hydrogens is 263 g/mol. The molecule has 10 nitrogen and oxygen atoms in total. The molecule has 1 aliphatic rings. The average molecular weight is 278 g/mol. The van der Waals surface area contributed by atoms with Crippen LogP contribution in [0.5, 0.6) is 0 Å². The molecule has 0 radical (unpaired) electrons. The van der Waals surface area contributed by atoms with Crippen LogP contribution >= 0.6 is 7.82 Å². The van der Waals surface area contributed by atoms with Gasteiger partial charge in [-0.3, -0.25) is 0 Å². The van der Waals surface area contributed by atoms with Gasteiger partial charge in [-0.1, -0.05) is 0 Å². The van der Waals surface area contributed by atoms with E-state index in [-0.39, 0.29) is 0 Å². The monoisotopic (exact) mass is 278 g/mol. The number of hydrogen-bond donors (Lipinski definition) is 8. The molecule has 5 atom stereocenters. The Kier molecular flexibility index (Phi) is 6.66. The van der Waals surface area contributed by atoms with E-state index in [0.29, 0.717) is 0 Å². The summed E-state index contributed by atoms with van der Waals surface area (Å²) < 4.78 is 13.5. The zero-order valence-corrected chi connectivity index (χ0v) is 9.33. The lowest BCUT2D eigenvalue weighted by atomic mass is 10.00. The largest absolute Gasteiger partial charge is 0.466 e. The number of phosphoric acid groups is 1. The number of aliphatic hydroxyl groups is 5. The van der Waals surface area contributed by atoms with E-state index >= 15 is 0 Å². The summed E-state index contributed by atoms with van der Waals surface area (Å²) in [5.41, 5.74) is 0. The Bertz CT molecular complexity index is 253. The Labute approximate surface area is 95.6 Å². The SMILES string of the molecule is O=P(O)(O)O.OC[C@H]1O[C@@H](O)[C@H](O)[C@@H](O)[C@@H]1O. The second-order valence-corrected chi connectivity index (χ2v) is 4.26. The molecule has 0 aromatic rings. The zero-order valence-electron chi connectivity index (χ0n) is 8.44. The fourth-order valence-corrected chi connectivity index (χ4v) is 1.08. The Morgan fingerprint density at radius 3 is 1.71 bits per heavy atom. The standard InChI is InChI=1S/C6H12O6.H3O4P/c7-1-2-3(8)4(9)5(10)6(11)12-2;1-5(2,3)4/h2-11H,1H2;(H3,1,2,3,4)/t2-,3-,4+,5-,6-;/m1./s1. The first-order valence-electron chi connectivity index (χ1n) is 4.34. The summed E-state index contributed by atoms with van der Waals surface area (Å²) >= 11 is 0. The van der Waals surface area contributed by atoms with Gasteiger partial charge < -0.3 is 44.9 Å². The van der Waals surface area contributed by atoms with Crippen LogP contribution in [0.1, 0.15) is 0 Å². The normalized spacial score (nSPS) is 38.2. The lowest BCUT2D eigenvalue weighted by Crippen LogP contribution is -2.58. The number of hydrogen-bond acceptors (Lipinski definition) is 7. The molecule has 11 heteroatoms. The molecule has 1 rings (SSSR count). The molecule has 0 saturated carbocycles. The molecule has 0 aliphatic carbocycles. The van der Waals surface area contributed by atoms with Crippen molar-refractivity contribution in [1.29, 1.82) is 0 Å². The molecule has 0 spiro atoms. The third-order valence-electron chi connectivity index (χ3n) is 1.87. The average Bonchev–Trinajstić information content (AvgIpc) is 2.18. The Hall–Kier alpha value is -0.130. The van der Waals surface area contributed by atoms with Gasteiger partial charge in [-0.15, -0.1) is 0 Å². The molecule has 8 N–H and O–H groups in total. The van der Waals surface area contributed by atoms with Crippen LogP contribution in [-0.4, -0.2) is 77.5 Å². The van der Waals surface area contributed by atoms with Crippen molar-refractivity contribution >= 4 is 7.82 Å². The smallest absolute Gasteiger partial charge is 0.394 e. The van der Waals surface area contributed by atoms with E-state index < -0.39 is 45.1 Å². The van der Waals surface area contributed by atoms with Gasteiger partial charge in [0, 0.05) is 0 Å². The van der Waals surface area contributed by atoms with Gasteiger partial charge in [0.2, 0.25) is 0 Å². The van der Waals surface area contributed by atoms with Crippen LogP contribution in [0.3, 0.4) is 0 Å². The summed E-state index contributed by atoms with van der Waals surface area (Å²) in [6.07, 6.45) is -7.04. The zero-order chi connectivity index (χ0) is 13.8. The number of rotatable bonds is 1. The van der Waals surface area contributed by atoms with Gasteiger partial charge in [0.05, 0.1) is 6.61 Å². The number of ether oxygens (including phenoxy) is 1. The highest BCUT2D eigenvalue weighted by Crippen LogP contribution is 2.25. The highest BCUT2D eigenvalue weighted by molar-refractivity contribution is 7.45. The molecule has 0 bridgehead atoms. The van der Waals surface area contributed by atoms with Gasteiger partial charge in [-0.2, -0.15) is 0 Å². The third kappa shape index (κ3) is 6.38. The Balaban J connectivity index is 0.000000437. The maximum absolute atomic E-state index is 9.12. The summed E-state index contributed by atoms with van der Waals surface area (Å²) in [6.45, 7) is -0.526. The molecule has 0 amide bonds. The first-order valence-corrected chi connectivity index (χ1v) is 5.91. The highest BCUT2D eigenvalue weighted by atomic mass is 31.2. The van der Waals surface area contributed by atoms with Crippen LogP contribution < -0.4 is 0 Å². The summed E-state index contributed by atoms with van der Waals surface area (Å²) in [4.78, 5) is 21.6. The first-order chi connectivity index (χ1) is 7.57. The van der Waals surface area contributed by atoms with Crippen molar-refractivity contribution in [2.75, 3.05) is 6.61 Å². The van der Waals surface area contributed by atoms with E-state index in [9.17, 15) is 0 Å². The van der Waals surface area contributed by atoms with Gasteiger partial charge in [-0.25, -0.2) is 4.57 Å². The summed E-state index contributed by atoms with van der Waals surface area (Å²) in [7, 11) is -4.64. The van der Waals surface area contributed by atoms with Crippen LogP contribution in [0, 0.1) is 0 Å². The molecule has 1 fully saturated rings. The van der Waals surface area contributed by atoms with Crippen LogP contribution in [0.15, 0.2) is 0 Å². The molecule has 1 heterocycles. The Morgan fingerprint density at radius 1 is 0.941 bits per heavy atom. The number of aliphatic hydroxyl groups excluding tert-OH is 5. The minimum atomic E-state index is -4.64. The molecule has 17 heavy (non-hydrogen) atoms. The predicted octanol–water partition coefficient (Wildman–Crippen LogP) is -4.15. The molecule has 1 saturated heterocycles. The van der Waals surface area contributed by atoms with Crippen molar-refractivity contribution in [3.8, 4) is 0 Å². The van der Waals surface area contributed by atoms with Gasteiger partial charge in [0.15, 0.2) is 6.29 Å². The van der Waals surface area contributed by atoms with Crippen LogP contribution in [0.2, 0.25) is 0 Å². The van der Waals surface area contributed by atoms with Crippen LogP contribution in [0.4, 0.5) is 0 Å². The first kappa shape index (κ1) is 16.9. The van der Waals surface area contributed by atoms with Crippen LogP contribution in [0.25, 0.3) is 0 Å². The van der Waals surface area contributed by atoms with Crippen molar-refractivity contribution in [3.63, 3.8) is 0 Å². The quantitative estimate of drug-likeness (QED) is 0.218. The fourth-order valence-electron chi connectivity index (χ4n) is 1.08. The second-order valence-electron chi connectivity index (χ2n) is 3.23. The van der Waals surface area contributed by atoms with Gasteiger partial charge in [-0.05, 0) is 0 Å². The fraction of sp³-hybridized carbons (Fsp3) is 1.00. The minimum absolute atomic E-state index is 0.526. The van der Waals surface area contributed by atoms with E-state index in [1.165, 1.54) is 0 Å². The van der Waals surface area contributed by atoms with E-state index in [2.05, 4.69) is 4.74 Å². The van der Waals surface area contributed by atoms with E-state index in [1.807, 2.05) is 0 Å². The lowest BCUT2D eigenvalue weighted by molar-refractivity contribution is -0.286. The van der Waals surface area contributed by atoms with Crippen molar-refractivity contribution in [3.05, 3.63) is 0 Å². The van der Waals surface area contributed by atoms with Crippen molar-refractivity contribution < 1.29 is 49.5 Å². The topological polar surface area (TPSA) is 188 Å². The van der Waals surface area contributed by atoms with Crippen LogP contribution in [-0.2, 0) is 9.30 Å². The molecule has 1 aliphatic heterocycles. The minimum Gasteiger partial charge on any atom is -0.394 e. The van der Waals surface area contributed by atoms with Gasteiger partial charge in [0.25, 0.3) is 0 Å². The Morgan fingerprint density at radius 2 is 1.35 bits per heavy atom. The summed E-state index contributed by atoms with van der Waals surface area (Å²) in [5, 5.41) is 44.7.